The van der Waals surface area contributed by atoms with Crippen molar-refractivity contribution < 1.29 is 4.79 Å². The zero-order valence-corrected chi connectivity index (χ0v) is 10.5. The molecule has 0 radical (unpaired) electrons. The third-order valence-electron chi connectivity index (χ3n) is 2.84. The van der Waals surface area contributed by atoms with E-state index in [1.807, 2.05) is 11.9 Å². The van der Waals surface area contributed by atoms with Crippen molar-refractivity contribution in [3.05, 3.63) is 0 Å². The first-order valence-corrected chi connectivity index (χ1v) is 6.05. The summed E-state index contributed by atoms with van der Waals surface area (Å²) in [6.45, 7) is 5.87. The van der Waals surface area contributed by atoms with E-state index >= 15 is 0 Å². The third-order valence-corrected chi connectivity index (χ3v) is 2.84. The van der Waals surface area contributed by atoms with Gasteiger partial charge in [0.2, 0.25) is 5.91 Å². The van der Waals surface area contributed by atoms with Crippen LogP contribution in [-0.2, 0) is 4.79 Å². The van der Waals surface area contributed by atoms with Gasteiger partial charge < -0.3 is 10.6 Å². The lowest BCUT2D eigenvalue weighted by molar-refractivity contribution is -0.130. The molecular formula is C12H26N2O. The van der Waals surface area contributed by atoms with Gasteiger partial charge >= 0.3 is 0 Å². The average molecular weight is 214 g/mol. The summed E-state index contributed by atoms with van der Waals surface area (Å²) in [5.74, 6) is 0.779. The summed E-state index contributed by atoms with van der Waals surface area (Å²) in [6.07, 6.45) is 5.02. The topological polar surface area (TPSA) is 46.3 Å². The largest absolute Gasteiger partial charge is 0.346 e. The molecule has 3 nitrogen and oxygen atoms in total. The normalized spacial score (nSPS) is 12.5. The van der Waals surface area contributed by atoms with Gasteiger partial charge in [-0.2, -0.15) is 0 Å². The van der Waals surface area contributed by atoms with Crippen LogP contribution in [0.1, 0.15) is 46.0 Å². The van der Waals surface area contributed by atoms with Crippen LogP contribution in [0.15, 0.2) is 0 Å². The number of rotatable bonds is 8. The highest BCUT2D eigenvalue weighted by Gasteiger charge is 2.11. The van der Waals surface area contributed by atoms with Crippen molar-refractivity contribution >= 4 is 5.91 Å². The van der Waals surface area contributed by atoms with Crippen LogP contribution in [0.4, 0.5) is 0 Å². The number of nitrogens with zero attached hydrogens (tertiary/aromatic N) is 1. The number of nitrogens with two attached hydrogens (primary N) is 1. The van der Waals surface area contributed by atoms with Crippen LogP contribution in [0.2, 0.25) is 0 Å². The Labute approximate surface area is 94.0 Å². The fraction of sp³-hybridized carbons (Fsp3) is 0.917. The Bertz CT molecular complexity index is 171. The maximum atomic E-state index is 11.7. The molecule has 0 fully saturated rings. The lowest BCUT2D eigenvalue weighted by atomic mass is 10.0. The van der Waals surface area contributed by atoms with Gasteiger partial charge in [0.05, 0.1) is 0 Å². The highest BCUT2D eigenvalue weighted by molar-refractivity contribution is 5.76. The molecule has 1 atom stereocenters. The van der Waals surface area contributed by atoms with Gasteiger partial charge in [0.25, 0.3) is 0 Å². The van der Waals surface area contributed by atoms with Gasteiger partial charge in [0.15, 0.2) is 0 Å². The molecule has 0 heterocycles. The SMILES string of the molecule is CCC(C)CC(=O)N(C)CCCCCN. The van der Waals surface area contributed by atoms with E-state index in [1.54, 1.807) is 0 Å². The maximum Gasteiger partial charge on any atom is 0.222 e. The number of hydrogen-bond acceptors (Lipinski definition) is 2. The van der Waals surface area contributed by atoms with Crippen LogP contribution in [0.25, 0.3) is 0 Å². The lowest BCUT2D eigenvalue weighted by Gasteiger charge is -2.18. The zero-order chi connectivity index (χ0) is 11.7. The van der Waals surface area contributed by atoms with Crippen LogP contribution >= 0.6 is 0 Å². The molecule has 0 aromatic carbocycles. The molecule has 0 saturated heterocycles. The standard InChI is InChI=1S/C12H26N2O/c1-4-11(2)10-12(15)14(3)9-7-5-6-8-13/h11H,4-10,13H2,1-3H3. The van der Waals surface area contributed by atoms with Crippen LogP contribution < -0.4 is 5.73 Å². The molecule has 0 aliphatic rings. The van der Waals surface area contributed by atoms with Crippen molar-refractivity contribution in [2.75, 3.05) is 20.1 Å². The maximum absolute atomic E-state index is 11.7. The van der Waals surface area contributed by atoms with Gasteiger partial charge in [-0.15, -0.1) is 0 Å². The molecule has 0 aliphatic heterocycles. The smallest absolute Gasteiger partial charge is 0.222 e. The van der Waals surface area contributed by atoms with E-state index in [0.717, 1.165) is 38.8 Å². The summed E-state index contributed by atoms with van der Waals surface area (Å²) >= 11 is 0. The predicted octanol–water partition coefficient (Wildman–Crippen LogP) is 2.01. The number of amides is 1. The van der Waals surface area contributed by atoms with Crippen molar-refractivity contribution in [3.8, 4) is 0 Å². The zero-order valence-electron chi connectivity index (χ0n) is 10.5. The molecule has 1 amide bonds. The second kappa shape index (κ2) is 8.72. The second-order valence-electron chi connectivity index (χ2n) is 4.38. The van der Waals surface area contributed by atoms with Crippen molar-refractivity contribution in [1.82, 2.24) is 4.90 Å². The highest BCUT2D eigenvalue weighted by atomic mass is 16.2. The van der Waals surface area contributed by atoms with Crippen molar-refractivity contribution in [2.24, 2.45) is 11.7 Å². The molecule has 0 spiro atoms. The molecule has 0 aliphatic carbocycles. The van der Waals surface area contributed by atoms with Crippen LogP contribution in [0.3, 0.4) is 0 Å². The fourth-order valence-electron chi connectivity index (χ4n) is 1.39. The van der Waals surface area contributed by atoms with Crippen LogP contribution in [0, 0.1) is 5.92 Å². The van der Waals surface area contributed by atoms with Gasteiger partial charge in [0.1, 0.15) is 0 Å². The number of unbranched alkanes of at least 4 members (excludes halogenated alkanes) is 2. The third kappa shape index (κ3) is 7.37. The van der Waals surface area contributed by atoms with Crippen molar-refractivity contribution in [3.63, 3.8) is 0 Å². The van der Waals surface area contributed by atoms with E-state index in [2.05, 4.69) is 13.8 Å². The van der Waals surface area contributed by atoms with Crippen LogP contribution in [-0.4, -0.2) is 30.9 Å². The Morgan fingerprint density at radius 3 is 2.53 bits per heavy atom. The molecule has 3 heteroatoms. The summed E-state index contributed by atoms with van der Waals surface area (Å²) in [5, 5.41) is 0. The van der Waals surface area contributed by atoms with Gasteiger partial charge in [-0.25, -0.2) is 0 Å². The van der Waals surface area contributed by atoms with E-state index in [4.69, 9.17) is 5.73 Å². The molecular weight excluding hydrogens is 188 g/mol. The predicted molar refractivity (Wildman–Crippen MR) is 64.6 cm³/mol. The van der Waals surface area contributed by atoms with E-state index in [-0.39, 0.29) is 5.91 Å². The minimum atomic E-state index is 0.275. The number of carbonyl (C=O) groups excluding carboxylic acids is 1. The first-order valence-electron chi connectivity index (χ1n) is 6.05. The summed E-state index contributed by atoms with van der Waals surface area (Å²) in [6, 6.07) is 0. The molecule has 0 rings (SSSR count). The monoisotopic (exact) mass is 214 g/mol. The summed E-state index contributed by atoms with van der Waals surface area (Å²) < 4.78 is 0. The van der Waals surface area contributed by atoms with Gasteiger partial charge in [-0.05, 0) is 25.3 Å². The first kappa shape index (κ1) is 14.4. The Kier molecular flexibility index (Phi) is 8.38. The molecule has 0 bridgehead atoms. The Morgan fingerprint density at radius 2 is 2.00 bits per heavy atom. The van der Waals surface area contributed by atoms with Gasteiger partial charge in [-0.1, -0.05) is 26.7 Å². The average Bonchev–Trinajstić information content (AvgIpc) is 2.23. The molecule has 1 unspecified atom stereocenters. The molecule has 0 aromatic rings. The number of hydrogen-bond donors (Lipinski definition) is 1. The van der Waals surface area contributed by atoms with E-state index in [1.165, 1.54) is 0 Å². The minimum Gasteiger partial charge on any atom is -0.346 e. The Hall–Kier alpha value is -0.570. The molecule has 90 valence electrons. The quantitative estimate of drug-likeness (QED) is 0.628. The molecule has 0 saturated carbocycles. The second-order valence-corrected chi connectivity index (χ2v) is 4.38. The molecule has 0 aromatic heterocycles. The van der Waals surface area contributed by atoms with E-state index < -0.39 is 0 Å². The van der Waals surface area contributed by atoms with Gasteiger partial charge in [-0.3, -0.25) is 4.79 Å². The molecule has 2 N–H and O–H groups in total. The summed E-state index contributed by atoms with van der Waals surface area (Å²) in [7, 11) is 1.90. The summed E-state index contributed by atoms with van der Waals surface area (Å²) in [5.41, 5.74) is 5.41. The molecule has 15 heavy (non-hydrogen) atoms. The first-order chi connectivity index (χ1) is 7.11. The highest BCUT2D eigenvalue weighted by Crippen LogP contribution is 2.08. The van der Waals surface area contributed by atoms with E-state index in [0.29, 0.717) is 12.3 Å². The van der Waals surface area contributed by atoms with Crippen molar-refractivity contribution in [2.45, 2.75) is 46.0 Å². The summed E-state index contributed by atoms with van der Waals surface area (Å²) in [4.78, 5) is 13.5. The van der Waals surface area contributed by atoms with Crippen LogP contribution in [0.5, 0.6) is 0 Å². The number of carbonyl (C=O) groups is 1. The fourth-order valence-corrected chi connectivity index (χ4v) is 1.39. The Morgan fingerprint density at radius 1 is 1.33 bits per heavy atom. The van der Waals surface area contributed by atoms with Gasteiger partial charge in [0, 0.05) is 20.0 Å². The van der Waals surface area contributed by atoms with Crippen molar-refractivity contribution in [1.29, 1.82) is 0 Å². The Balaban J connectivity index is 3.60. The minimum absolute atomic E-state index is 0.275. The lowest BCUT2D eigenvalue weighted by Crippen LogP contribution is -2.28. The van der Waals surface area contributed by atoms with E-state index in [9.17, 15) is 4.79 Å².